The van der Waals surface area contributed by atoms with E-state index in [4.69, 9.17) is 69.6 Å². The van der Waals surface area contributed by atoms with E-state index in [9.17, 15) is 8.42 Å². The maximum atomic E-state index is 11.8. The first-order chi connectivity index (χ1) is 10.0. The van der Waals surface area contributed by atoms with Crippen LogP contribution in [0, 0.1) is 0 Å². The summed E-state index contributed by atoms with van der Waals surface area (Å²) in [6.07, 6.45) is 1.03. The number of sulfone groups is 1. The summed E-state index contributed by atoms with van der Waals surface area (Å²) in [6.45, 7) is 0. The van der Waals surface area contributed by atoms with Crippen molar-refractivity contribution in [2.24, 2.45) is 0 Å². The molecule has 2 nitrogen and oxygen atoms in total. The van der Waals surface area contributed by atoms with Crippen LogP contribution in [-0.2, 0) is 9.84 Å². The first kappa shape index (κ1) is 18.5. The maximum absolute atomic E-state index is 11.8. The smallest absolute Gasteiger partial charge is 0.177 e. The van der Waals surface area contributed by atoms with Crippen LogP contribution in [0.25, 0.3) is 11.1 Å². The number of rotatable bonds is 2. The Morgan fingerprint density at radius 3 is 1.82 bits per heavy atom. The van der Waals surface area contributed by atoms with Gasteiger partial charge in [-0.05, 0) is 23.8 Å². The molecule has 0 radical (unpaired) electrons. The fourth-order valence-corrected chi connectivity index (χ4v) is 4.26. The van der Waals surface area contributed by atoms with E-state index < -0.39 is 9.84 Å². The van der Waals surface area contributed by atoms with Crippen LogP contribution in [0.4, 0.5) is 0 Å². The van der Waals surface area contributed by atoms with E-state index >= 15 is 0 Å². The molecule has 0 amide bonds. The van der Waals surface area contributed by atoms with Gasteiger partial charge in [-0.25, -0.2) is 8.42 Å². The zero-order valence-electron chi connectivity index (χ0n) is 10.7. The highest BCUT2D eigenvalue weighted by molar-refractivity contribution is 7.90. The van der Waals surface area contributed by atoms with Crippen LogP contribution in [0.15, 0.2) is 23.1 Å². The van der Waals surface area contributed by atoms with Gasteiger partial charge in [0.1, 0.15) is 0 Å². The zero-order chi connectivity index (χ0) is 16.8. The average molecular weight is 439 g/mol. The van der Waals surface area contributed by atoms with Crippen LogP contribution < -0.4 is 0 Å². The van der Waals surface area contributed by atoms with Gasteiger partial charge in [0.15, 0.2) is 9.84 Å². The molecule has 2 aromatic rings. The Morgan fingerprint density at radius 1 is 0.727 bits per heavy atom. The summed E-state index contributed by atoms with van der Waals surface area (Å²) in [6, 6.07) is 4.30. The van der Waals surface area contributed by atoms with E-state index in [2.05, 4.69) is 0 Å². The van der Waals surface area contributed by atoms with Crippen molar-refractivity contribution in [1.82, 2.24) is 0 Å². The van der Waals surface area contributed by atoms with Crippen molar-refractivity contribution in [1.29, 1.82) is 0 Å². The summed E-state index contributed by atoms with van der Waals surface area (Å²) >= 11 is 36.0. The molecule has 0 atom stereocenters. The molecule has 0 bridgehead atoms. The molecule has 0 saturated heterocycles. The van der Waals surface area contributed by atoms with Crippen LogP contribution in [0.5, 0.6) is 0 Å². The minimum Gasteiger partial charge on any atom is -0.224 e. The van der Waals surface area contributed by atoms with Crippen molar-refractivity contribution in [2.75, 3.05) is 6.26 Å². The predicted octanol–water partition coefficient (Wildman–Crippen LogP) is 6.68. The highest BCUT2D eigenvalue weighted by Crippen LogP contribution is 2.44. The molecule has 0 N–H and O–H groups in total. The monoisotopic (exact) mass is 436 g/mol. The van der Waals surface area contributed by atoms with Crippen molar-refractivity contribution in [2.45, 2.75) is 4.90 Å². The fraction of sp³-hybridized carbons (Fsp3) is 0.0769. The molecule has 0 saturated carbocycles. The number of halogens is 6. The summed E-state index contributed by atoms with van der Waals surface area (Å²) in [5.41, 5.74) is 0.796. The molecule has 0 aliphatic rings. The lowest BCUT2D eigenvalue weighted by Gasteiger charge is -2.12. The van der Waals surface area contributed by atoms with Gasteiger partial charge in [0.05, 0.1) is 35.0 Å². The van der Waals surface area contributed by atoms with Crippen LogP contribution in [0.2, 0.25) is 30.1 Å². The first-order valence-corrected chi connectivity index (χ1v) is 9.72. The predicted molar refractivity (Wildman–Crippen MR) is 95.0 cm³/mol. The van der Waals surface area contributed by atoms with E-state index in [-0.39, 0.29) is 35.0 Å². The average Bonchev–Trinajstić information content (AvgIpc) is 2.42. The third kappa shape index (κ3) is 3.46. The molecule has 2 rings (SSSR count). The largest absolute Gasteiger partial charge is 0.224 e. The van der Waals surface area contributed by atoms with Crippen molar-refractivity contribution >= 4 is 79.4 Å². The summed E-state index contributed by atoms with van der Waals surface area (Å²) in [5, 5.41) is 0.498. The van der Waals surface area contributed by atoms with Crippen LogP contribution in [-0.4, -0.2) is 14.7 Å². The van der Waals surface area contributed by atoms with E-state index in [0.29, 0.717) is 11.1 Å². The topological polar surface area (TPSA) is 34.1 Å². The van der Waals surface area contributed by atoms with Gasteiger partial charge in [-0.2, -0.15) is 0 Å². The van der Waals surface area contributed by atoms with Gasteiger partial charge in [0.2, 0.25) is 0 Å². The van der Waals surface area contributed by atoms with Gasteiger partial charge in [-0.15, -0.1) is 0 Å². The molecule has 0 aliphatic heterocycles. The Bertz CT molecular complexity index is 877. The minimum absolute atomic E-state index is 0.0600. The maximum Gasteiger partial charge on any atom is 0.177 e. The molecule has 0 heterocycles. The van der Waals surface area contributed by atoms with Gasteiger partial charge >= 0.3 is 0 Å². The second-order valence-electron chi connectivity index (χ2n) is 4.39. The Balaban J connectivity index is 2.83. The van der Waals surface area contributed by atoms with Crippen LogP contribution in [0.1, 0.15) is 0 Å². The van der Waals surface area contributed by atoms with Crippen molar-refractivity contribution in [3.63, 3.8) is 0 Å². The molecule has 0 spiro atoms. The van der Waals surface area contributed by atoms with Crippen LogP contribution in [0.3, 0.4) is 0 Å². The second-order valence-corrected chi connectivity index (χ2v) is 8.70. The van der Waals surface area contributed by atoms with Crippen molar-refractivity contribution in [3.05, 3.63) is 48.3 Å². The molecule has 0 aliphatic carbocycles. The van der Waals surface area contributed by atoms with E-state index in [1.807, 2.05) is 0 Å². The number of hydrogen-bond donors (Lipinski definition) is 0. The van der Waals surface area contributed by atoms with E-state index in [0.717, 1.165) is 6.26 Å². The highest BCUT2D eigenvalue weighted by atomic mass is 35.5. The lowest BCUT2D eigenvalue weighted by Crippen LogP contribution is -1.99. The van der Waals surface area contributed by atoms with Crippen molar-refractivity contribution < 1.29 is 8.42 Å². The molecule has 22 heavy (non-hydrogen) atoms. The standard InChI is InChI=1S/C13H6Cl6O2S/c1-22(20,21)9-3-5(2-7(14)11(9)17)6-4-8(15)12(18)13(19)10(6)16/h2-4H,1H3. The molecule has 0 aromatic heterocycles. The number of hydrogen-bond acceptors (Lipinski definition) is 2. The summed E-state index contributed by atoms with van der Waals surface area (Å²) in [4.78, 5) is -0.116. The van der Waals surface area contributed by atoms with E-state index in [1.54, 1.807) is 0 Å². The lowest BCUT2D eigenvalue weighted by molar-refractivity contribution is 0.602. The summed E-state index contributed by atoms with van der Waals surface area (Å²) in [7, 11) is -3.58. The quantitative estimate of drug-likeness (QED) is 0.387. The third-order valence-corrected chi connectivity index (χ3v) is 6.59. The normalized spacial score (nSPS) is 11.8. The Kier molecular flexibility index (Phi) is 5.51. The summed E-state index contributed by atoms with van der Waals surface area (Å²) in [5.74, 6) is 0. The second kappa shape index (κ2) is 6.56. The number of benzene rings is 2. The van der Waals surface area contributed by atoms with Gasteiger partial charge in [0, 0.05) is 11.8 Å². The molecule has 2 aromatic carbocycles. The van der Waals surface area contributed by atoms with Gasteiger partial charge in [-0.3, -0.25) is 0 Å². The lowest BCUT2D eigenvalue weighted by atomic mass is 10.1. The van der Waals surface area contributed by atoms with E-state index in [1.165, 1.54) is 18.2 Å². The SMILES string of the molecule is CS(=O)(=O)c1cc(-c2cc(Cl)c(Cl)c(Cl)c2Cl)cc(Cl)c1Cl. The molecular weight excluding hydrogens is 433 g/mol. The van der Waals surface area contributed by atoms with Gasteiger partial charge in [0.25, 0.3) is 0 Å². The Hall–Kier alpha value is 0.130. The minimum atomic E-state index is -3.58. The Labute approximate surface area is 157 Å². The molecule has 9 heteroatoms. The third-order valence-electron chi connectivity index (χ3n) is 2.81. The molecule has 118 valence electrons. The first-order valence-electron chi connectivity index (χ1n) is 5.56. The molecule has 0 fully saturated rings. The van der Waals surface area contributed by atoms with Gasteiger partial charge in [-0.1, -0.05) is 69.6 Å². The fourth-order valence-electron chi connectivity index (χ4n) is 1.77. The van der Waals surface area contributed by atoms with Crippen molar-refractivity contribution in [3.8, 4) is 11.1 Å². The van der Waals surface area contributed by atoms with Crippen LogP contribution >= 0.6 is 69.6 Å². The van der Waals surface area contributed by atoms with Gasteiger partial charge < -0.3 is 0 Å². The highest BCUT2D eigenvalue weighted by Gasteiger charge is 2.20. The zero-order valence-corrected chi connectivity index (χ0v) is 16.1. The Morgan fingerprint density at radius 2 is 1.27 bits per heavy atom. The molecule has 0 unspecified atom stereocenters. The summed E-state index contributed by atoms with van der Waals surface area (Å²) < 4.78 is 23.6. The molecular formula is C13H6Cl6O2S.